The zero-order valence-electron chi connectivity index (χ0n) is 14.7. The van der Waals surface area contributed by atoms with Crippen LogP contribution in [0.1, 0.15) is 20.7 Å². The predicted octanol–water partition coefficient (Wildman–Crippen LogP) is 3.40. The molecular formula is C16H10F7NO6S. The number of alkyl halides is 7. The molecule has 1 heterocycles. The topological polar surface area (TPSA) is 110 Å². The molecule has 2 amide bonds. The van der Waals surface area contributed by atoms with Crippen molar-refractivity contribution in [1.82, 2.24) is 5.32 Å². The molecule has 31 heavy (non-hydrogen) atoms. The summed E-state index contributed by atoms with van der Waals surface area (Å²) in [4.78, 5) is 23.6. The second-order valence-corrected chi connectivity index (χ2v) is 7.31. The van der Waals surface area contributed by atoms with Crippen molar-refractivity contribution in [3.8, 4) is 5.75 Å². The maximum atomic E-state index is 13.0. The lowest BCUT2D eigenvalue weighted by Crippen LogP contribution is -2.35. The van der Waals surface area contributed by atoms with Crippen molar-refractivity contribution < 1.29 is 58.0 Å². The number of rotatable bonds is 4. The van der Waals surface area contributed by atoms with Gasteiger partial charge in [0.1, 0.15) is 5.75 Å². The SMILES string of the molecule is O=C1NC(=O)c2ccc(OCC(F)(F)C(F)F)c3cccc1c23.O=S(=O)(O)C(F)(F)F. The summed E-state index contributed by atoms with van der Waals surface area (Å²) in [5.74, 6) is -5.65. The Morgan fingerprint density at radius 2 is 1.48 bits per heavy atom. The van der Waals surface area contributed by atoms with E-state index in [0.29, 0.717) is 0 Å². The molecule has 2 aromatic carbocycles. The summed E-state index contributed by atoms with van der Waals surface area (Å²) in [5.41, 5.74) is -5.17. The summed E-state index contributed by atoms with van der Waals surface area (Å²) in [6.07, 6.45) is -3.85. The Kier molecular flexibility index (Phi) is 6.51. The number of carbonyl (C=O) groups excluding carboxylic acids is 2. The number of carbonyl (C=O) groups is 2. The van der Waals surface area contributed by atoms with Crippen LogP contribution in [0.5, 0.6) is 5.75 Å². The summed E-state index contributed by atoms with van der Waals surface area (Å²) in [5, 5.41) is 2.63. The third-order valence-corrected chi connectivity index (χ3v) is 4.33. The fourth-order valence-electron chi connectivity index (χ4n) is 2.36. The standard InChI is InChI=1S/C15H9F4NO3.CHF3O3S/c16-14(17)15(18,19)6-23-10-5-4-9-11-7(10)2-1-3-8(11)12(21)20-13(9)22;2-1(3,4)8(5,6)7/h1-5,14H,6H2,(H,20,21,22);(H,5,6,7). The number of benzene rings is 2. The van der Waals surface area contributed by atoms with Crippen LogP contribution in [0.15, 0.2) is 30.3 Å². The Bertz CT molecular complexity index is 1110. The predicted molar refractivity (Wildman–Crippen MR) is 89.8 cm³/mol. The van der Waals surface area contributed by atoms with E-state index >= 15 is 0 Å². The quantitative estimate of drug-likeness (QED) is 0.303. The van der Waals surface area contributed by atoms with E-state index < -0.39 is 46.4 Å². The summed E-state index contributed by atoms with van der Waals surface area (Å²) < 4.78 is 113. The Morgan fingerprint density at radius 1 is 0.968 bits per heavy atom. The van der Waals surface area contributed by atoms with Gasteiger partial charge in [0.25, 0.3) is 11.8 Å². The molecule has 1 aliphatic rings. The van der Waals surface area contributed by atoms with Crippen LogP contribution in [0.4, 0.5) is 30.7 Å². The average Bonchev–Trinajstić information content (AvgIpc) is 2.63. The highest BCUT2D eigenvalue weighted by atomic mass is 32.2. The molecule has 170 valence electrons. The minimum Gasteiger partial charge on any atom is -0.486 e. The molecule has 0 saturated carbocycles. The van der Waals surface area contributed by atoms with Crippen LogP contribution < -0.4 is 10.1 Å². The second-order valence-electron chi connectivity index (χ2n) is 5.89. The normalized spacial score (nSPS) is 14.2. The Labute approximate surface area is 168 Å². The zero-order chi connectivity index (χ0) is 23.8. The van der Waals surface area contributed by atoms with E-state index in [-0.39, 0.29) is 27.6 Å². The first kappa shape index (κ1) is 24.3. The molecule has 2 aromatic rings. The van der Waals surface area contributed by atoms with Crippen molar-refractivity contribution >= 4 is 32.7 Å². The lowest BCUT2D eigenvalue weighted by Gasteiger charge is -2.20. The molecule has 1 aliphatic heterocycles. The van der Waals surface area contributed by atoms with E-state index in [4.69, 9.17) is 17.7 Å². The maximum Gasteiger partial charge on any atom is 0.522 e. The third kappa shape index (κ3) is 5.22. The van der Waals surface area contributed by atoms with Gasteiger partial charge in [-0.25, -0.2) is 8.78 Å². The number of nitrogens with one attached hydrogen (secondary N) is 1. The first-order chi connectivity index (χ1) is 14.1. The minimum atomic E-state index is -5.84. The molecule has 0 aromatic heterocycles. The van der Waals surface area contributed by atoms with Gasteiger partial charge in [-0.2, -0.15) is 30.4 Å². The van der Waals surface area contributed by atoms with Crippen molar-refractivity contribution in [2.75, 3.05) is 6.61 Å². The minimum absolute atomic E-state index is 0.103. The molecule has 15 heteroatoms. The fraction of sp³-hybridized carbons (Fsp3) is 0.250. The molecule has 3 rings (SSSR count). The Morgan fingerprint density at radius 3 is 1.97 bits per heavy atom. The van der Waals surface area contributed by atoms with Gasteiger partial charge >= 0.3 is 28.0 Å². The van der Waals surface area contributed by atoms with Gasteiger partial charge in [0, 0.05) is 21.9 Å². The fourth-order valence-corrected chi connectivity index (χ4v) is 2.36. The molecule has 0 radical (unpaired) electrons. The molecular weight excluding hydrogens is 467 g/mol. The smallest absolute Gasteiger partial charge is 0.486 e. The summed E-state index contributed by atoms with van der Waals surface area (Å²) in [6, 6.07) is 6.94. The van der Waals surface area contributed by atoms with Crippen molar-refractivity contribution in [1.29, 1.82) is 0 Å². The molecule has 0 spiro atoms. The molecule has 2 N–H and O–H groups in total. The van der Waals surface area contributed by atoms with Crippen molar-refractivity contribution in [3.63, 3.8) is 0 Å². The van der Waals surface area contributed by atoms with Crippen LogP contribution in [0.25, 0.3) is 10.8 Å². The maximum absolute atomic E-state index is 13.0. The van der Waals surface area contributed by atoms with Crippen molar-refractivity contribution in [2.45, 2.75) is 17.9 Å². The van der Waals surface area contributed by atoms with Crippen LogP contribution in [0.3, 0.4) is 0 Å². The van der Waals surface area contributed by atoms with E-state index in [9.17, 15) is 40.3 Å². The van der Waals surface area contributed by atoms with Gasteiger partial charge in [0.2, 0.25) is 0 Å². The van der Waals surface area contributed by atoms with Crippen molar-refractivity contribution in [2.24, 2.45) is 0 Å². The van der Waals surface area contributed by atoms with E-state index in [2.05, 4.69) is 5.32 Å². The van der Waals surface area contributed by atoms with E-state index in [1.54, 1.807) is 0 Å². The highest BCUT2D eigenvalue weighted by Crippen LogP contribution is 2.34. The monoisotopic (exact) mass is 477 g/mol. The first-order valence-electron chi connectivity index (χ1n) is 7.80. The number of amides is 2. The van der Waals surface area contributed by atoms with Gasteiger partial charge in [-0.1, -0.05) is 12.1 Å². The van der Waals surface area contributed by atoms with Crippen LogP contribution in [0, 0.1) is 0 Å². The van der Waals surface area contributed by atoms with Gasteiger partial charge in [-0.3, -0.25) is 19.5 Å². The highest BCUT2D eigenvalue weighted by Gasteiger charge is 2.44. The highest BCUT2D eigenvalue weighted by molar-refractivity contribution is 7.86. The number of hydrogen-bond acceptors (Lipinski definition) is 5. The Hall–Kier alpha value is -2.94. The van der Waals surface area contributed by atoms with Gasteiger partial charge in [0.15, 0.2) is 6.61 Å². The lowest BCUT2D eigenvalue weighted by molar-refractivity contribution is -0.148. The summed E-state index contributed by atoms with van der Waals surface area (Å²) in [7, 11) is -5.84. The molecule has 0 aliphatic carbocycles. The number of imide groups is 1. The number of ether oxygens (including phenoxy) is 1. The van der Waals surface area contributed by atoms with E-state index in [1.165, 1.54) is 30.3 Å². The van der Waals surface area contributed by atoms with Gasteiger partial charge in [0.05, 0.1) is 0 Å². The van der Waals surface area contributed by atoms with Crippen LogP contribution >= 0.6 is 0 Å². The van der Waals surface area contributed by atoms with Gasteiger partial charge < -0.3 is 4.74 Å². The number of hydrogen-bond donors (Lipinski definition) is 2. The van der Waals surface area contributed by atoms with E-state index in [0.717, 1.165) is 0 Å². The van der Waals surface area contributed by atoms with Crippen LogP contribution in [-0.4, -0.2) is 49.2 Å². The van der Waals surface area contributed by atoms with Gasteiger partial charge in [-0.15, -0.1) is 0 Å². The summed E-state index contributed by atoms with van der Waals surface area (Å²) in [6.45, 7) is -1.51. The lowest BCUT2D eigenvalue weighted by atomic mass is 9.95. The summed E-state index contributed by atoms with van der Waals surface area (Å²) >= 11 is 0. The molecule has 0 atom stereocenters. The second kappa shape index (κ2) is 8.30. The van der Waals surface area contributed by atoms with Crippen LogP contribution in [-0.2, 0) is 10.1 Å². The Balaban J connectivity index is 0.000000366. The molecule has 0 fully saturated rings. The first-order valence-corrected chi connectivity index (χ1v) is 9.24. The molecule has 0 bridgehead atoms. The largest absolute Gasteiger partial charge is 0.522 e. The molecule has 0 unspecified atom stereocenters. The number of halogens is 7. The van der Waals surface area contributed by atoms with E-state index in [1.807, 2.05) is 0 Å². The zero-order valence-corrected chi connectivity index (χ0v) is 15.5. The van der Waals surface area contributed by atoms with Gasteiger partial charge in [-0.05, 0) is 18.2 Å². The molecule has 7 nitrogen and oxygen atoms in total. The molecule has 0 saturated heterocycles. The van der Waals surface area contributed by atoms with Crippen LogP contribution in [0.2, 0.25) is 0 Å². The van der Waals surface area contributed by atoms with Crippen molar-refractivity contribution in [3.05, 3.63) is 41.5 Å². The average molecular weight is 477 g/mol. The third-order valence-electron chi connectivity index (χ3n) is 3.75.